The van der Waals surface area contributed by atoms with Gasteiger partial charge in [-0.2, -0.15) is 5.26 Å². The van der Waals surface area contributed by atoms with Crippen LogP contribution in [-0.2, 0) is 0 Å². The van der Waals surface area contributed by atoms with E-state index in [9.17, 15) is 14.0 Å². The first-order valence-electron chi connectivity index (χ1n) is 6.01. The molecule has 2 atom stereocenters. The molecule has 1 N–H and O–H groups in total. The van der Waals surface area contributed by atoms with Gasteiger partial charge >= 0.3 is 0 Å². The van der Waals surface area contributed by atoms with Crippen molar-refractivity contribution >= 4 is 11.3 Å². The Bertz CT molecular complexity index is 610. The van der Waals surface area contributed by atoms with E-state index >= 15 is 0 Å². The predicted molar refractivity (Wildman–Crippen MR) is 71.3 cm³/mol. The number of aromatic nitrogens is 1. The molecule has 104 valence electrons. The number of halogens is 2. The van der Waals surface area contributed by atoms with Crippen molar-refractivity contribution in [2.24, 2.45) is 0 Å². The van der Waals surface area contributed by atoms with Gasteiger partial charge in [0, 0.05) is 23.6 Å². The molecule has 0 saturated carbocycles. The number of hydrogen-bond acceptors (Lipinski definition) is 4. The number of benzene rings is 1. The maximum atomic E-state index is 13.9. The van der Waals surface area contributed by atoms with Gasteiger partial charge in [-0.15, -0.1) is 11.3 Å². The minimum Gasteiger partial charge on any atom is -0.396 e. The largest absolute Gasteiger partial charge is 0.396 e. The fraction of sp³-hybridized carbons (Fsp3) is 0.286. The van der Waals surface area contributed by atoms with Crippen molar-refractivity contribution in [2.45, 2.75) is 18.3 Å². The number of thiazole rings is 1. The number of aliphatic hydroxyl groups excluding tert-OH is 1. The van der Waals surface area contributed by atoms with E-state index in [0.29, 0.717) is 4.88 Å². The van der Waals surface area contributed by atoms with E-state index in [1.165, 1.54) is 11.3 Å². The molecule has 20 heavy (non-hydrogen) atoms. The molecule has 1 aromatic heterocycles. The topological polar surface area (TPSA) is 56.9 Å². The van der Waals surface area contributed by atoms with Crippen LogP contribution >= 0.6 is 11.3 Å². The number of nitriles is 1. The molecule has 6 heteroatoms. The molecule has 0 amide bonds. The standard InChI is InChI=1S/C14H12F2N2OS/c15-9-1-2-13(16)11(5-9)10(3-4-19)12(6-17)14-7-18-8-20-14/h1-2,5,7-8,10,12,19H,3-4H2/t10-,12-/m0/s1. The highest BCUT2D eigenvalue weighted by atomic mass is 32.1. The van der Waals surface area contributed by atoms with Crippen LogP contribution < -0.4 is 0 Å². The van der Waals surface area contributed by atoms with Crippen LogP contribution in [0.1, 0.15) is 28.7 Å². The third-order valence-electron chi connectivity index (χ3n) is 3.10. The van der Waals surface area contributed by atoms with Crippen LogP contribution in [0.4, 0.5) is 8.78 Å². The minimum atomic E-state index is -0.661. The molecule has 0 unspecified atom stereocenters. The molecule has 0 radical (unpaired) electrons. The molecular formula is C14H12F2N2OS. The number of nitrogens with zero attached hydrogens (tertiary/aromatic N) is 2. The highest BCUT2D eigenvalue weighted by molar-refractivity contribution is 7.09. The molecule has 0 aliphatic heterocycles. The summed E-state index contributed by atoms with van der Waals surface area (Å²) in [6.07, 6.45) is 1.72. The van der Waals surface area contributed by atoms with E-state index < -0.39 is 23.5 Å². The first-order valence-corrected chi connectivity index (χ1v) is 6.89. The number of hydrogen-bond donors (Lipinski definition) is 1. The molecule has 0 aliphatic carbocycles. The summed E-state index contributed by atoms with van der Waals surface area (Å²) < 4.78 is 27.2. The van der Waals surface area contributed by atoms with Crippen LogP contribution in [0.3, 0.4) is 0 Å². The maximum Gasteiger partial charge on any atom is 0.126 e. The van der Waals surface area contributed by atoms with E-state index in [4.69, 9.17) is 5.11 Å². The molecule has 1 aromatic carbocycles. The van der Waals surface area contributed by atoms with Crippen LogP contribution in [0.15, 0.2) is 29.9 Å². The molecule has 2 aromatic rings. The van der Waals surface area contributed by atoms with Crippen molar-refractivity contribution in [1.82, 2.24) is 4.98 Å². The average Bonchev–Trinajstić information content (AvgIpc) is 2.95. The normalized spacial score (nSPS) is 13.7. The van der Waals surface area contributed by atoms with Crippen molar-refractivity contribution in [3.63, 3.8) is 0 Å². The maximum absolute atomic E-state index is 13.9. The van der Waals surface area contributed by atoms with Gasteiger partial charge in [-0.05, 0) is 30.2 Å². The molecule has 0 saturated heterocycles. The van der Waals surface area contributed by atoms with Crippen molar-refractivity contribution < 1.29 is 13.9 Å². The Morgan fingerprint density at radius 3 is 2.80 bits per heavy atom. The molecule has 0 bridgehead atoms. The van der Waals surface area contributed by atoms with Gasteiger partial charge in [0.15, 0.2) is 0 Å². The monoisotopic (exact) mass is 294 g/mol. The second-order valence-electron chi connectivity index (χ2n) is 4.30. The van der Waals surface area contributed by atoms with Crippen LogP contribution in [0.2, 0.25) is 0 Å². The van der Waals surface area contributed by atoms with Crippen molar-refractivity contribution in [1.29, 1.82) is 5.26 Å². The Morgan fingerprint density at radius 1 is 1.40 bits per heavy atom. The highest BCUT2D eigenvalue weighted by Crippen LogP contribution is 2.38. The van der Waals surface area contributed by atoms with Gasteiger partial charge in [0.2, 0.25) is 0 Å². The summed E-state index contributed by atoms with van der Waals surface area (Å²) in [5.41, 5.74) is 1.69. The summed E-state index contributed by atoms with van der Waals surface area (Å²) in [5.74, 6) is -2.41. The summed E-state index contributed by atoms with van der Waals surface area (Å²) in [5, 5.41) is 18.5. The SMILES string of the molecule is N#C[C@H](c1cncs1)[C@@H](CCO)c1cc(F)ccc1F. The summed E-state index contributed by atoms with van der Waals surface area (Å²) in [6.45, 7) is -0.211. The Morgan fingerprint density at radius 2 is 2.20 bits per heavy atom. The van der Waals surface area contributed by atoms with Crippen molar-refractivity contribution in [3.8, 4) is 6.07 Å². The van der Waals surface area contributed by atoms with Crippen molar-refractivity contribution in [2.75, 3.05) is 6.61 Å². The molecule has 1 heterocycles. The lowest BCUT2D eigenvalue weighted by atomic mass is 9.83. The third kappa shape index (κ3) is 3.00. The molecular weight excluding hydrogens is 282 g/mol. The lowest BCUT2D eigenvalue weighted by Crippen LogP contribution is -2.13. The summed E-state index contributed by atoms with van der Waals surface area (Å²) >= 11 is 1.28. The van der Waals surface area contributed by atoms with Crippen LogP contribution in [0.25, 0.3) is 0 Å². The molecule has 0 spiro atoms. The van der Waals surface area contributed by atoms with Gasteiger partial charge in [-0.1, -0.05) is 0 Å². The molecule has 0 aliphatic rings. The number of rotatable bonds is 5. The Balaban J connectivity index is 2.45. The summed E-state index contributed by atoms with van der Waals surface area (Å²) in [6, 6.07) is 5.26. The van der Waals surface area contributed by atoms with E-state index in [1.54, 1.807) is 11.7 Å². The van der Waals surface area contributed by atoms with Gasteiger partial charge in [-0.25, -0.2) is 8.78 Å². The quantitative estimate of drug-likeness (QED) is 0.921. The first-order chi connectivity index (χ1) is 9.67. The van der Waals surface area contributed by atoms with E-state index in [0.717, 1.165) is 18.2 Å². The smallest absolute Gasteiger partial charge is 0.126 e. The summed E-state index contributed by atoms with van der Waals surface area (Å²) in [7, 11) is 0. The Labute approximate surface area is 119 Å². The van der Waals surface area contributed by atoms with Gasteiger partial charge < -0.3 is 5.11 Å². The van der Waals surface area contributed by atoms with Crippen LogP contribution in [0, 0.1) is 23.0 Å². The van der Waals surface area contributed by atoms with Gasteiger partial charge in [0.25, 0.3) is 0 Å². The predicted octanol–water partition coefficient (Wildman–Crippen LogP) is 3.19. The Kier molecular flexibility index (Phi) is 4.77. The molecule has 0 fully saturated rings. The van der Waals surface area contributed by atoms with E-state index in [-0.39, 0.29) is 18.6 Å². The second-order valence-corrected chi connectivity index (χ2v) is 5.21. The van der Waals surface area contributed by atoms with E-state index in [1.807, 2.05) is 0 Å². The summed E-state index contributed by atoms with van der Waals surface area (Å²) in [4.78, 5) is 4.58. The van der Waals surface area contributed by atoms with Gasteiger partial charge in [0.05, 0.1) is 17.5 Å². The van der Waals surface area contributed by atoms with Crippen LogP contribution in [0.5, 0.6) is 0 Å². The first kappa shape index (κ1) is 14.6. The third-order valence-corrected chi connectivity index (χ3v) is 3.96. The molecule has 3 nitrogen and oxygen atoms in total. The lowest BCUT2D eigenvalue weighted by Gasteiger charge is -2.21. The highest BCUT2D eigenvalue weighted by Gasteiger charge is 2.28. The zero-order valence-electron chi connectivity index (χ0n) is 10.5. The second kappa shape index (κ2) is 6.55. The minimum absolute atomic E-state index is 0.110. The molecule has 2 rings (SSSR count). The van der Waals surface area contributed by atoms with E-state index in [2.05, 4.69) is 11.1 Å². The van der Waals surface area contributed by atoms with Gasteiger partial charge in [-0.3, -0.25) is 4.98 Å². The number of aliphatic hydroxyl groups is 1. The van der Waals surface area contributed by atoms with Crippen molar-refractivity contribution in [3.05, 3.63) is 52.0 Å². The zero-order chi connectivity index (χ0) is 14.5. The lowest BCUT2D eigenvalue weighted by molar-refractivity contribution is 0.271. The fourth-order valence-electron chi connectivity index (χ4n) is 2.17. The fourth-order valence-corrected chi connectivity index (χ4v) is 2.90. The average molecular weight is 294 g/mol. The van der Waals surface area contributed by atoms with Gasteiger partial charge in [0.1, 0.15) is 11.6 Å². The Hall–Kier alpha value is -1.84. The van der Waals surface area contributed by atoms with Crippen LogP contribution in [-0.4, -0.2) is 16.7 Å². The zero-order valence-corrected chi connectivity index (χ0v) is 11.3.